The molecule has 0 radical (unpaired) electrons. The Balaban J connectivity index is 1.74. The maximum atomic E-state index is 13.4. The van der Waals surface area contributed by atoms with Crippen molar-refractivity contribution in [3.8, 4) is 5.69 Å². The van der Waals surface area contributed by atoms with Gasteiger partial charge in [0.15, 0.2) is 5.11 Å². The summed E-state index contributed by atoms with van der Waals surface area (Å²) in [6, 6.07) is 17.5. The van der Waals surface area contributed by atoms with Crippen LogP contribution >= 0.6 is 28.1 Å². The second-order valence-electron chi connectivity index (χ2n) is 8.32. The molecular weight excluding hydrogens is 498 g/mol. The predicted octanol–water partition coefficient (Wildman–Crippen LogP) is 5.81. The number of hydrogen-bond donors (Lipinski definition) is 1. The van der Waals surface area contributed by atoms with E-state index in [1.54, 1.807) is 6.08 Å². The van der Waals surface area contributed by atoms with Crippen LogP contribution in [0.15, 0.2) is 64.6 Å². The molecule has 5 nitrogen and oxygen atoms in total. The van der Waals surface area contributed by atoms with Crippen LogP contribution in [0.4, 0.5) is 5.69 Å². The Kier molecular flexibility index (Phi) is 6.36. The first-order valence-corrected chi connectivity index (χ1v) is 11.8. The topological polar surface area (TPSA) is 54.3 Å². The lowest BCUT2D eigenvalue weighted by molar-refractivity contribution is -0.122. The number of aryl methyl sites for hydroxylation is 1. The molecular formula is C26H24BrN3O2S. The Morgan fingerprint density at radius 1 is 1.03 bits per heavy atom. The first-order chi connectivity index (χ1) is 15.7. The second-order valence-corrected chi connectivity index (χ2v) is 9.56. The number of para-hydroxylation sites is 1. The highest BCUT2D eigenvalue weighted by Crippen LogP contribution is 2.29. The Morgan fingerprint density at radius 2 is 1.70 bits per heavy atom. The van der Waals surface area contributed by atoms with Crippen molar-refractivity contribution in [1.82, 2.24) is 9.88 Å². The third-order valence-corrected chi connectivity index (χ3v) is 6.74. The summed E-state index contributed by atoms with van der Waals surface area (Å²) in [5, 5.41) is 2.74. The van der Waals surface area contributed by atoms with E-state index in [0.717, 1.165) is 32.7 Å². The number of hydrogen-bond acceptors (Lipinski definition) is 3. The van der Waals surface area contributed by atoms with Gasteiger partial charge in [-0.2, -0.15) is 0 Å². The second kappa shape index (κ2) is 9.08. The molecule has 0 unspecified atom stereocenters. The fourth-order valence-corrected chi connectivity index (χ4v) is 4.74. The molecule has 1 saturated heterocycles. The molecule has 2 aromatic carbocycles. The van der Waals surface area contributed by atoms with Gasteiger partial charge in [-0.25, -0.2) is 0 Å². The average Bonchev–Trinajstić information content (AvgIpc) is 3.04. The lowest BCUT2D eigenvalue weighted by Gasteiger charge is -2.29. The van der Waals surface area contributed by atoms with Crippen molar-refractivity contribution < 1.29 is 9.59 Å². The highest BCUT2D eigenvalue weighted by molar-refractivity contribution is 9.10. The first-order valence-electron chi connectivity index (χ1n) is 10.6. The van der Waals surface area contributed by atoms with E-state index in [9.17, 15) is 9.59 Å². The van der Waals surface area contributed by atoms with E-state index in [2.05, 4.69) is 39.7 Å². The summed E-state index contributed by atoms with van der Waals surface area (Å²) in [6.45, 7) is 8.18. The lowest BCUT2D eigenvalue weighted by Crippen LogP contribution is -2.54. The number of carbonyl (C=O) groups excluding carboxylic acids is 2. The number of anilines is 1. The van der Waals surface area contributed by atoms with Crippen molar-refractivity contribution in [2.45, 2.75) is 33.6 Å². The van der Waals surface area contributed by atoms with Crippen molar-refractivity contribution >= 4 is 56.8 Å². The van der Waals surface area contributed by atoms with Crippen LogP contribution in [0.5, 0.6) is 0 Å². The summed E-state index contributed by atoms with van der Waals surface area (Å²) in [6.07, 6.45) is 1.64. The fourth-order valence-electron chi connectivity index (χ4n) is 3.99. The molecule has 1 aromatic heterocycles. The van der Waals surface area contributed by atoms with Gasteiger partial charge in [-0.15, -0.1) is 0 Å². The Hall–Kier alpha value is -3.03. The Labute approximate surface area is 207 Å². The van der Waals surface area contributed by atoms with Gasteiger partial charge in [-0.05, 0) is 95.4 Å². The highest BCUT2D eigenvalue weighted by atomic mass is 79.9. The Morgan fingerprint density at radius 3 is 2.33 bits per heavy atom. The molecule has 2 heterocycles. The number of rotatable bonds is 4. The summed E-state index contributed by atoms with van der Waals surface area (Å²) < 4.78 is 3.05. The maximum Gasteiger partial charge on any atom is 0.270 e. The quantitative estimate of drug-likeness (QED) is 0.267. The van der Waals surface area contributed by atoms with E-state index in [-0.39, 0.29) is 10.7 Å². The molecule has 33 heavy (non-hydrogen) atoms. The zero-order valence-corrected chi connectivity index (χ0v) is 21.3. The average molecular weight is 522 g/mol. The number of carbonyl (C=O) groups is 2. The van der Waals surface area contributed by atoms with Crippen LogP contribution in [0.25, 0.3) is 11.8 Å². The summed E-state index contributed by atoms with van der Waals surface area (Å²) in [4.78, 5) is 27.5. The lowest BCUT2D eigenvalue weighted by atomic mass is 10.0. The Bertz CT molecular complexity index is 1310. The molecule has 2 amide bonds. The molecule has 1 aliphatic heterocycles. The van der Waals surface area contributed by atoms with Crippen LogP contribution in [0.3, 0.4) is 0 Å². The molecule has 1 N–H and O–H groups in total. The third-order valence-electron chi connectivity index (χ3n) is 5.78. The SMILES string of the molecule is Cc1cc(/C=C2\C(=O)NC(=S)N(c3ccc(C(C)C)cc3)C2=O)c(C)n1-c1ccccc1Br. The molecule has 0 saturated carbocycles. The van der Waals surface area contributed by atoms with Crippen LogP contribution in [0.1, 0.15) is 42.3 Å². The minimum Gasteiger partial charge on any atom is -0.317 e. The molecule has 0 bridgehead atoms. The predicted molar refractivity (Wildman–Crippen MR) is 140 cm³/mol. The number of nitrogens with zero attached hydrogens (tertiary/aromatic N) is 2. The van der Waals surface area contributed by atoms with E-state index >= 15 is 0 Å². The molecule has 4 rings (SSSR count). The standard InChI is InChI=1S/C26H24BrN3O2S/c1-15(2)18-9-11-20(12-10-18)30-25(32)21(24(31)28-26(30)33)14-19-13-16(3)29(17(19)4)23-8-6-5-7-22(23)27/h5-15H,1-4H3,(H,28,31,33)/b21-14+. The molecule has 3 aromatic rings. The van der Waals surface area contributed by atoms with Crippen molar-refractivity contribution in [2.24, 2.45) is 0 Å². The number of benzene rings is 2. The zero-order chi connectivity index (χ0) is 23.9. The molecule has 1 fully saturated rings. The summed E-state index contributed by atoms with van der Waals surface area (Å²) in [7, 11) is 0. The van der Waals surface area contributed by atoms with E-state index in [1.165, 1.54) is 4.90 Å². The van der Waals surface area contributed by atoms with Crippen molar-refractivity contribution in [3.63, 3.8) is 0 Å². The van der Waals surface area contributed by atoms with Gasteiger partial charge >= 0.3 is 0 Å². The van der Waals surface area contributed by atoms with E-state index in [1.807, 2.05) is 68.4 Å². The van der Waals surface area contributed by atoms with E-state index in [4.69, 9.17) is 12.2 Å². The van der Waals surface area contributed by atoms with Crippen LogP contribution in [-0.2, 0) is 9.59 Å². The first kappa shape index (κ1) is 23.1. The normalized spacial score (nSPS) is 15.5. The van der Waals surface area contributed by atoms with Crippen molar-refractivity contribution in [1.29, 1.82) is 0 Å². The van der Waals surface area contributed by atoms with Gasteiger partial charge < -0.3 is 4.57 Å². The van der Waals surface area contributed by atoms with Gasteiger partial charge in [0.25, 0.3) is 11.8 Å². The van der Waals surface area contributed by atoms with Gasteiger partial charge in [0, 0.05) is 15.9 Å². The van der Waals surface area contributed by atoms with Gasteiger partial charge in [0.2, 0.25) is 0 Å². The largest absolute Gasteiger partial charge is 0.317 e. The molecule has 0 spiro atoms. The third kappa shape index (κ3) is 4.30. The number of aromatic nitrogens is 1. The van der Waals surface area contributed by atoms with Crippen LogP contribution in [-0.4, -0.2) is 21.5 Å². The molecule has 7 heteroatoms. The van der Waals surface area contributed by atoms with Crippen LogP contribution in [0, 0.1) is 13.8 Å². The minimum atomic E-state index is -0.495. The summed E-state index contributed by atoms with van der Waals surface area (Å²) in [5.41, 5.74) is 5.53. The fraction of sp³-hybridized carbons (Fsp3) is 0.192. The molecule has 0 atom stereocenters. The van der Waals surface area contributed by atoms with Gasteiger partial charge in [0.1, 0.15) is 5.57 Å². The van der Waals surface area contributed by atoms with Gasteiger partial charge in [0.05, 0.1) is 11.4 Å². The molecule has 168 valence electrons. The van der Waals surface area contributed by atoms with Crippen LogP contribution in [0.2, 0.25) is 0 Å². The minimum absolute atomic E-state index is 0.0453. The zero-order valence-electron chi connectivity index (χ0n) is 18.8. The number of halogens is 1. The summed E-state index contributed by atoms with van der Waals surface area (Å²) >= 11 is 8.94. The maximum absolute atomic E-state index is 13.4. The van der Waals surface area contributed by atoms with E-state index in [0.29, 0.717) is 11.6 Å². The van der Waals surface area contributed by atoms with Crippen molar-refractivity contribution in [2.75, 3.05) is 4.90 Å². The van der Waals surface area contributed by atoms with Crippen molar-refractivity contribution in [3.05, 3.63) is 87.2 Å². The van der Waals surface area contributed by atoms with E-state index < -0.39 is 11.8 Å². The van der Waals surface area contributed by atoms with Gasteiger partial charge in [-0.3, -0.25) is 19.8 Å². The van der Waals surface area contributed by atoms with Gasteiger partial charge in [-0.1, -0.05) is 38.1 Å². The highest BCUT2D eigenvalue weighted by Gasteiger charge is 2.34. The van der Waals surface area contributed by atoms with Crippen LogP contribution < -0.4 is 10.2 Å². The molecule has 0 aliphatic carbocycles. The number of nitrogens with one attached hydrogen (secondary N) is 1. The monoisotopic (exact) mass is 521 g/mol. The number of amides is 2. The number of thiocarbonyl (C=S) groups is 1. The smallest absolute Gasteiger partial charge is 0.270 e. The molecule has 1 aliphatic rings. The summed E-state index contributed by atoms with van der Waals surface area (Å²) in [5.74, 6) is -0.560.